The van der Waals surface area contributed by atoms with Gasteiger partial charge in [0, 0.05) is 35.3 Å². The van der Waals surface area contributed by atoms with E-state index in [0.717, 1.165) is 21.6 Å². The SMILES string of the molecule is COC(=O)c1cc(C)c(-c2cnc(OC)c(-c3cnc(S(C)=O)nc3CN3C(=O)OC(c4cc(C(F)(F)F)cc(C(F)(F)F)c4)C3C)c2)c(C)c1. The summed E-state index contributed by atoms with van der Waals surface area (Å²) in [5.41, 5.74) is 0.289. The maximum Gasteiger partial charge on any atom is 0.416 e. The first-order valence-electron chi connectivity index (χ1n) is 15.0. The van der Waals surface area contributed by atoms with Crippen molar-refractivity contribution >= 4 is 22.9 Å². The molecule has 4 aromatic rings. The van der Waals surface area contributed by atoms with Gasteiger partial charge in [-0.15, -0.1) is 0 Å². The highest BCUT2D eigenvalue weighted by atomic mass is 32.2. The zero-order valence-corrected chi connectivity index (χ0v) is 28.7. The van der Waals surface area contributed by atoms with E-state index in [1.165, 1.54) is 33.6 Å². The number of pyridine rings is 1. The van der Waals surface area contributed by atoms with Crippen LogP contribution in [0.15, 0.2) is 53.9 Å². The van der Waals surface area contributed by atoms with Crippen LogP contribution in [0.4, 0.5) is 31.1 Å². The lowest BCUT2D eigenvalue weighted by atomic mass is 9.92. The first kappa shape index (κ1) is 37.2. The van der Waals surface area contributed by atoms with Crippen molar-refractivity contribution in [3.8, 4) is 28.1 Å². The van der Waals surface area contributed by atoms with Gasteiger partial charge in [-0.2, -0.15) is 26.3 Å². The molecule has 1 aliphatic rings. The molecular formula is C34H30F6N4O6S. The molecule has 2 aromatic carbocycles. The van der Waals surface area contributed by atoms with Gasteiger partial charge >= 0.3 is 24.4 Å². The number of benzene rings is 2. The fourth-order valence-electron chi connectivity index (χ4n) is 5.95. The minimum Gasteiger partial charge on any atom is -0.481 e. The summed E-state index contributed by atoms with van der Waals surface area (Å²) in [4.78, 5) is 39.6. The molecule has 3 unspecified atom stereocenters. The molecule has 0 spiro atoms. The molecule has 0 radical (unpaired) electrons. The van der Waals surface area contributed by atoms with E-state index in [4.69, 9.17) is 14.2 Å². The fraction of sp³-hybridized carbons (Fsp3) is 0.324. The smallest absolute Gasteiger partial charge is 0.416 e. The molecular weight excluding hydrogens is 706 g/mol. The quantitative estimate of drug-likeness (QED) is 0.103. The van der Waals surface area contributed by atoms with Crippen molar-refractivity contribution in [2.45, 2.75) is 57.0 Å². The number of aryl methyl sites for hydroxylation is 2. The molecule has 1 fully saturated rings. The van der Waals surface area contributed by atoms with Crippen LogP contribution in [0.25, 0.3) is 22.3 Å². The average Bonchev–Trinajstić information content (AvgIpc) is 3.34. The van der Waals surface area contributed by atoms with Crippen LogP contribution in [0, 0.1) is 13.8 Å². The highest BCUT2D eigenvalue weighted by Crippen LogP contribution is 2.42. The van der Waals surface area contributed by atoms with E-state index in [1.807, 2.05) is 0 Å². The number of carbonyl (C=O) groups excluding carboxylic acids is 2. The summed E-state index contributed by atoms with van der Waals surface area (Å²) in [6.45, 7) is 4.65. The number of cyclic esters (lactones) is 1. The van der Waals surface area contributed by atoms with Gasteiger partial charge in [0.2, 0.25) is 11.0 Å². The van der Waals surface area contributed by atoms with Crippen LogP contribution < -0.4 is 4.74 Å². The van der Waals surface area contributed by atoms with Crippen LogP contribution in [-0.2, 0) is 39.2 Å². The molecule has 3 atom stereocenters. The number of carbonyl (C=O) groups is 2. The molecule has 51 heavy (non-hydrogen) atoms. The lowest BCUT2D eigenvalue weighted by Gasteiger charge is -2.23. The summed E-state index contributed by atoms with van der Waals surface area (Å²) in [6.07, 6.45) is -8.51. The number of nitrogens with zero attached hydrogens (tertiary/aromatic N) is 4. The van der Waals surface area contributed by atoms with Gasteiger partial charge in [-0.3, -0.25) is 9.11 Å². The number of hydrogen-bond donors (Lipinski definition) is 0. The molecule has 1 amide bonds. The van der Waals surface area contributed by atoms with E-state index in [0.29, 0.717) is 28.8 Å². The first-order chi connectivity index (χ1) is 23.8. The van der Waals surface area contributed by atoms with Crippen LogP contribution in [0.3, 0.4) is 0 Å². The highest BCUT2D eigenvalue weighted by molar-refractivity contribution is 7.84. The summed E-state index contributed by atoms with van der Waals surface area (Å²) in [7, 11) is 0.955. The Kier molecular flexibility index (Phi) is 10.2. The van der Waals surface area contributed by atoms with Gasteiger partial charge in [0.1, 0.15) is 6.10 Å². The van der Waals surface area contributed by atoms with Crippen LogP contribution >= 0.6 is 0 Å². The third-order valence-electron chi connectivity index (χ3n) is 8.33. The number of aromatic nitrogens is 3. The summed E-state index contributed by atoms with van der Waals surface area (Å²) in [5.74, 6) is -0.392. The molecule has 3 heterocycles. The van der Waals surface area contributed by atoms with E-state index in [1.54, 1.807) is 38.2 Å². The molecule has 0 N–H and O–H groups in total. The summed E-state index contributed by atoms with van der Waals surface area (Å²) in [5, 5.41) is -0.105. The average molecular weight is 737 g/mol. The number of esters is 1. The first-order valence-corrected chi connectivity index (χ1v) is 16.6. The van der Waals surface area contributed by atoms with Crippen molar-refractivity contribution in [1.82, 2.24) is 19.9 Å². The molecule has 2 aromatic heterocycles. The molecule has 1 saturated heterocycles. The summed E-state index contributed by atoms with van der Waals surface area (Å²) >= 11 is 0. The molecule has 0 aliphatic carbocycles. The van der Waals surface area contributed by atoms with Crippen molar-refractivity contribution in [3.63, 3.8) is 0 Å². The van der Waals surface area contributed by atoms with E-state index < -0.39 is 64.1 Å². The Hall–Kier alpha value is -5.06. The van der Waals surface area contributed by atoms with Crippen LogP contribution in [0.1, 0.15) is 56.9 Å². The number of methoxy groups -OCH3 is 2. The molecule has 5 rings (SSSR count). The standard InChI is InChI=1S/C34H30F6N4O6S/c1-16-7-20(30(45)49-5)8-17(2)27(16)21-11-24(29(48-4)41-13-21)25-14-42-31(51(6)47)43-26(25)15-44-18(3)28(50-32(44)46)19-9-22(33(35,36)37)12-23(10-19)34(38,39)40/h7-14,18,28H,15H2,1-6H3. The van der Waals surface area contributed by atoms with E-state index >= 15 is 0 Å². The lowest BCUT2D eigenvalue weighted by Crippen LogP contribution is -2.32. The molecule has 0 saturated carbocycles. The van der Waals surface area contributed by atoms with Gasteiger partial charge in [-0.05, 0) is 79.4 Å². The molecule has 270 valence electrons. The zero-order chi connectivity index (χ0) is 37.6. The molecule has 17 heteroatoms. The zero-order valence-electron chi connectivity index (χ0n) is 27.9. The summed E-state index contributed by atoms with van der Waals surface area (Å²) in [6, 6.07) is 5.00. The topological polar surface area (TPSA) is 121 Å². The Balaban J connectivity index is 1.59. The van der Waals surface area contributed by atoms with Gasteiger partial charge in [0.05, 0.1) is 60.0 Å². The maximum atomic E-state index is 13.6. The van der Waals surface area contributed by atoms with E-state index in [2.05, 4.69) is 15.0 Å². The van der Waals surface area contributed by atoms with Crippen molar-refractivity contribution < 1.29 is 54.4 Å². The van der Waals surface area contributed by atoms with Crippen LogP contribution in [0.2, 0.25) is 0 Å². The molecule has 1 aliphatic heterocycles. The lowest BCUT2D eigenvalue weighted by molar-refractivity contribution is -0.143. The van der Waals surface area contributed by atoms with Crippen molar-refractivity contribution in [3.05, 3.63) is 87.9 Å². The van der Waals surface area contributed by atoms with Crippen LogP contribution in [0.5, 0.6) is 5.88 Å². The van der Waals surface area contributed by atoms with Gasteiger partial charge < -0.3 is 14.2 Å². The predicted octanol–water partition coefficient (Wildman–Crippen LogP) is 7.47. The Labute approximate surface area is 290 Å². The monoisotopic (exact) mass is 736 g/mol. The second kappa shape index (κ2) is 13.9. The van der Waals surface area contributed by atoms with Gasteiger partial charge in [0.15, 0.2) is 0 Å². The number of amides is 1. The summed E-state index contributed by atoms with van der Waals surface area (Å²) < 4.78 is 110. The van der Waals surface area contributed by atoms with Gasteiger partial charge in [0.25, 0.3) is 0 Å². The Bertz CT molecular complexity index is 2000. The number of hydrogen-bond acceptors (Lipinski definition) is 9. The highest BCUT2D eigenvalue weighted by Gasteiger charge is 2.43. The fourth-order valence-corrected chi connectivity index (χ4v) is 6.39. The second-order valence-electron chi connectivity index (χ2n) is 11.7. The van der Waals surface area contributed by atoms with Gasteiger partial charge in [-0.1, -0.05) is 0 Å². The Morgan fingerprint density at radius 2 is 1.53 bits per heavy atom. The molecule has 10 nitrogen and oxygen atoms in total. The maximum absolute atomic E-state index is 13.6. The van der Waals surface area contributed by atoms with Crippen molar-refractivity contribution in [1.29, 1.82) is 0 Å². The van der Waals surface area contributed by atoms with Crippen molar-refractivity contribution in [2.24, 2.45) is 0 Å². The van der Waals surface area contributed by atoms with E-state index in [9.17, 15) is 40.1 Å². The number of alkyl halides is 6. The Morgan fingerprint density at radius 3 is 2.06 bits per heavy atom. The number of halogens is 6. The number of ether oxygens (including phenoxy) is 3. The largest absolute Gasteiger partial charge is 0.481 e. The Morgan fingerprint density at radius 1 is 0.922 bits per heavy atom. The third kappa shape index (κ3) is 7.52. The predicted molar refractivity (Wildman–Crippen MR) is 171 cm³/mol. The van der Waals surface area contributed by atoms with Crippen LogP contribution in [-0.4, -0.2) is 62.6 Å². The molecule has 0 bridgehead atoms. The second-order valence-corrected chi connectivity index (χ2v) is 13.0. The van der Waals surface area contributed by atoms with Gasteiger partial charge in [-0.25, -0.2) is 24.5 Å². The minimum absolute atomic E-state index is 0.00566. The van der Waals surface area contributed by atoms with E-state index in [-0.39, 0.29) is 34.9 Å². The number of rotatable bonds is 8. The normalized spacial score (nSPS) is 16.9. The third-order valence-corrected chi connectivity index (χ3v) is 9.04. The minimum atomic E-state index is -5.11. The van der Waals surface area contributed by atoms with Crippen molar-refractivity contribution in [2.75, 3.05) is 20.5 Å².